The summed E-state index contributed by atoms with van der Waals surface area (Å²) in [5.74, 6) is -0.876. The first-order chi connectivity index (χ1) is 18.0. The molecule has 208 valence electrons. The molecule has 9 heteroatoms. The van der Waals surface area contributed by atoms with Gasteiger partial charge in [-0.1, -0.05) is 36.8 Å². The number of aliphatic hydroxyl groups excluding tert-OH is 1. The van der Waals surface area contributed by atoms with Crippen molar-refractivity contribution in [2.24, 2.45) is 10.8 Å². The maximum absolute atomic E-state index is 13.2. The minimum absolute atomic E-state index is 0.123. The van der Waals surface area contributed by atoms with Crippen LogP contribution in [0.15, 0.2) is 36.0 Å². The van der Waals surface area contributed by atoms with E-state index in [9.17, 15) is 14.7 Å². The second-order valence-electron chi connectivity index (χ2n) is 12.2. The Morgan fingerprint density at radius 3 is 2.63 bits per heavy atom. The summed E-state index contributed by atoms with van der Waals surface area (Å²) in [4.78, 5) is 26.2. The van der Waals surface area contributed by atoms with E-state index in [0.29, 0.717) is 19.4 Å². The molecule has 4 fully saturated rings. The highest BCUT2D eigenvalue weighted by atomic mass is 16.7. The van der Waals surface area contributed by atoms with Gasteiger partial charge in [-0.15, -0.1) is 0 Å². The molecule has 38 heavy (non-hydrogen) atoms. The van der Waals surface area contributed by atoms with Gasteiger partial charge in [0, 0.05) is 24.3 Å². The van der Waals surface area contributed by atoms with Crippen LogP contribution in [0.2, 0.25) is 0 Å². The lowest BCUT2D eigenvalue weighted by molar-refractivity contribution is -0.233. The van der Waals surface area contributed by atoms with E-state index in [4.69, 9.17) is 28.4 Å². The van der Waals surface area contributed by atoms with Gasteiger partial charge in [0.15, 0.2) is 6.10 Å². The number of allylic oxidation sites excluding steroid dienone is 3. The van der Waals surface area contributed by atoms with Crippen LogP contribution in [0.5, 0.6) is 0 Å². The Labute approximate surface area is 223 Å². The molecule has 3 unspecified atom stereocenters. The third-order valence-corrected chi connectivity index (χ3v) is 10.1. The van der Waals surface area contributed by atoms with E-state index in [-0.39, 0.29) is 25.4 Å². The SMILES string of the molecule is CC1=C[C@H]2O[C@@H]3C[C@H]4OC(=O)/C=C\C=C\C(C(C)O)OCC[C@]5(C)OC5C(=O)OC[C@@]2(CC1)[C@@]4(C)[C@]31CO1. The molecule has 0 aromatic rings. The zero-order valence-corrected chi connectivity index (χ0v) is 22.5. The smallest absolute Gasteiger partial charge is 0.338 e. The van der Waals surface area contributed by atoms with Crippen LogP contribution in [-0.4, -0.2) is 84.7 Å². The molecule has 6 aliphatic rings. The Bertz CT molecular complexity index is 1090. The quantitative estimate of drug-likeness (QED) is 0.310. The van der Waals surface area contributed by atoms with Crippen LogP contribution in [-0.2, 0) is 38.0 Å². The summed E-state index contributed by atoms with van der Waals surface area (Å²) in [6.45, 7) is 8.66. The number of hydrogen-bond acceptors (Lipinski definition) is 9. The van der Waals surface area contributed by atoms with Crippen LogP contribution in [0, 0.1) is 10.8 Å². The lowest BCUT2D eigenvalue weighted by Gasteiger charge is -2.58. The monoisotopic (exact) mass is 530 g/mol. The zero-order valence-electron chi connectivity index (χ0n) is 22.5. The Morgan fingerprint density at radius 1 is 1.11 bits per heavy atom. The predicted octanol–water partition coefficient (Wildman–Crippen LogP) is 2.55. The van der Waals surface area contributed by atoms with Gasteiger partial charge in [-0.25, -0.2) is 9.59 Å². The molecule has 10 atom stereocenters. The van der Waals surface area contributed by atoms with E-state index in [0.717, 1.165) is 12.8 Å². The molecule has 0 amide bonds. The molecule has 9 nitrogen and oxygen atoms in total. The number of carbonyl (C=O) groups excluding carboxylic acids is 2. The molecule has 1 saturated carbocycles. The summed E-state index contributed by atoms with van der Waals surface area (Å²) >= 11 is 0. The number of fused-ring (bicyclic) bond motifs is 1. The third kappa shape index (κ3) is 3.84. The summed E-state index contributed by atoms with van der Waals surface area (Å²) in [5, 5.41) is 10.1. The van der Waals surface area contributed by atoms with Crippen molar-refractivity contribution >= 4 is 11.9 Å². The molecular formula is C29H38O9. The summed E-state index contributed by atoms with van der Waals surface area (Å²) in [6, 6.07) is 0. The van der Waals surface area contributed by atoms with E-state index < -0.39 is 58.4 Å². The number of rotatable bonds is 1. The second kappa shape index (κ2) is 8.99. The van der Waals surface area contributed by atoms with Crippen LogP contribution in [0.1, 0.15) is 53.4 Å². The normalized spacial score (nSPS) is 50.8. The molecule has 0 radical (unpaired) electrons. The van der Waals surface area contributed by atoms with Crippen molar-refractivity contribution in [3.8, 4) is 0 Å². The largest absolute Gasteiger partial charge is 0.463 e. The number of cyclic esters (lactones) is 1. The first kappa shape index (κ1) is 26.2. The Kier molecular flexibility index (Phi) is 6.20. The third-order valence-electron chi connectivity index (χ3n) is 10.1. The van der Waals surface area contributed by atoms with E-state index in [1.165, 1.54) is 11.6 Å². The fraction of sp³-hybridized carbons (Fsp3) is 0.724. The number of aliphatic hydroxyl groups is 1. The molecular weight excluding hydrogens is 492 g/mol. The number of hydrogen-bond donors (Lipinski definition) is 1. The average molecular weight is 531 g/mol. The van der Waals surface area contributed by atoms with E-state index in [1.54, 1.807) is 25.2 Å². The van der Waals surface area contributed by atoms with Gasteiger partial charge < -0.3 is 33.5 Å². The van der Waals surface area contributed by atoms with Crippen molar-refractivity contribution < 1.29 is 43.1 Å². The van der Waals surface area contributed by atoms with Gasteiger partial charge in [-0.2, -0.15) is 0 Å². The van der Waals surface area contributed by atoms with Crippen molar-refractivity contribution in [1.82, 2.24) is 0 Å². The molecule has 0 aromatic carbocycles. The maximum atomic E-state index is 13.2. The fourth-order valence-corrected chi connectivity index (χ4v) is 7.37. The first-order valence-electron chi connectivity index (χ1n) is 13.7. The Hall–Kier alpha value is -2.04. The molecule has 4 aliphatic heterocycles. The minimum atomic E-state index is -0.754. The first-order valence-corrected chi connectivity index (χ1v) is 13.7. The molecule has 1 N–H and O–H groups in total. The van der Waals surface area contributed by atoms with Gasteiger partial charge in [0.1, 0.15) is 30.0 Å². The molecule has 2 bridgehead atoms. The highest BCUT2D eigenvalue weighted by molar-refractivity contribution is 5.82. The van der Waals surface area contributed by atoms with Crippen molar-refractivity contribution in [3.63, 3.8) is 0 Å². The van der Waals surface area contributed by atoms with E-state index in [1.807, 2.05) is 6.92 Å². The maximum Gasteiger partial charge on any atom is 0.338 e. The molecule has 2 spiro atoms. The van der Waals surface area contributed by atoms with Crippen LogP contribution in [0.3, 0.4) is 0 Å². The zero-order chi connectivity index (χ0) is 26.9. The number of epoxide rings is 2. The number of esters is 2. The predicted molar refractivity (Wildman–Crippen MR) is 134 cm³/mol. The van der Waals surface area contributed by atoms with Crippen molar-refractivity contribution in [2.45, 2.75) is 101 Å². The topological polar surface area (TPSA) is 116 Å². The van der Waals surface area contributed by atoms with Gasteiger partial charge >= 0.3 is 11.9 Å². The van der Waals surface area contributed by atoms with Gasteiger partial charge in [0.2, 0.25) is 0 Å². The van der Waals surface area contributed by atoms with Crippen LogP contribution < -0.4 is 0 Å². The second-order valence-corrected chi connectivity index (χ2v) is 12.2. The summed E-state index contributed by atoms with van der Waals surface area (Å²) in [7, 11) is 0. The van der Waals surface area contributed by atoms with Crippen molar-refractivity contribution in [1.29, 1.82) is 0 Å². The van der Waals surface area contributed by atoms with Crippen LogP contribution in [0.4, 0.5) is 0 Å². The van der Waals surface area contributed by atoms with Gasteiger partial charge in [-0.05, 0) is 33.6 Å². The molecule has 4 heterocycles. The molecule has 0 aromatic heterocycles. The fourth-order valence-electron chi connectivity index (χ4n) is 7.37. The van der Waals surface area contributed by atoms with Crippen molar-refractivity contribution in [2.75, 3.05) is 19.8 Å². The van der Waals surface area contributed by atoms with Crippen LogP contribution >= 0.6 is 0 Å². The number of ether oxygens (including phenoxy) is 6. The molecule has 6 rings (SSSR count). The highest BCUT2D eigenvalue weighted by Crippen LogP contribution is 2.72. The molecule has 2 aliphatic carbocycles. The number of carbonyl (C=O) groups is 2. The van der Waals surface area contributed by atoms with E-state index in [2.05, 4.69) is 19.9 Å². The van der Waals surface area contributed by atoms with E-state index >= 15 is 0 Å². The lowest BCUT2D eigenvalue weighted by atomic mass is 9.51. The lowest BCUT2D eigenvalue weighted by Crippen LogP contribution is -2.66. The highest BCUT2D eigenvalue weighted by Gasteiger charge is 2.83. The van der Waals surface area contributed by atoms with Crippen LogP contribution in [0.25, 0.3) is 0 Å². The summed E-state index contributed by atoms with van der Waals surface area (Å²) in [6.07, 6.45) is 8.08. The average Bonchev–Trinajstić information content (AvgIpc) is 3.77. The molecule has 3 saturated heterocycles. The van der Waals surface area contributed by atoms with Gasteiger partial charge in [-0.3, -0.25) is 0 Å². The Balaban J connectivity index is 1.35. The van der Waals surface area contributed by atoms with Crippen molar-refractivity contribution in [3.05, 3.63) is 36.0 Å². The Morgan fingerprint density at radius 2 is 1.89 bits per heavy atom. The van der Waals surface area contributed by atoms with Gasteiger partial charge in [0.05, 0.1) is 36.9 Å². The summed E-state index contributed by atoms with van der Waals surface area (Å²) < 4.78 is 36.6. The van der Waals surface area contributed by atoms with Gasteiger partial charge in [0.25, 0.3) is 0 Å². The summed E-state index contributed by atoms with van der Waals surface area (Å²) in [5.41, 5.74) is -1.25. The minimum Gasteiger partial charge on any atom is -0.463 e. The standard InChI is InChI=1S/C29H38O9/c1-17-9-10-28-15-34-25(32)24-26(3,38-24)11-12-33-19(18(2)30)7-5-6-8-23(31)37-20-14-22(36-21(28)13-17)29(16-35-29)27(20,28)4/h5-8,13,18-22,24,30H,9-12,14-16H2,1-4H3/b7-5+,8-6-/t18?,19?,20-,21-,22-,24?,26+,27+,28-,29+/m1/s1.